The Morgan fingerprint density at radius 1 is 1.48 bits per heavy atom. The summed E-state index contributed by atoms with van der Waals surface area (Å²) in [5.41, 5.74) is 1.53. The van der Waals surface area contributed by atoms with Crippen molar-refractivity contribution in [2.45, 2.75) is 12.5 Å². The van der Waals surface area contributed by atoms with Gasteiger partial charge in [-0.05, 0) is 23.8 Å². The fraction of sp³-hybridized carbons (Fsp3) is 0.333. The van der Waals surface area contributed by atoms with Crippen molar-refractivity contribution in [3.8, 4) is 0 Å². The third-order valence-corrected chi connectivity index (χ3v) is 3.57. The zero-order chi connectivity index (χ0) is 14.7. The van der Waals surface area contributed by atoms with Gasteiger partial charge in [-0.25, -0.2) is 4.39 Å². The molecule has 0 saturated carbocycles. The van der Waals surface area contributed by atoms with Gasteiger partial charge in [0.25, 0.3) is 0 Å². The molecule has 1 aromatic heterocycles. The van der Waals surface area contributed by atoms with Crippen LogP contribution in [-0.4, -0.2) is 40.8 Å². The minimum absolute atomic E-state index is 0.0384. The Bertz CT molecular complexity index is 615. The zero-order valence-electron chi connectivity index (χ0n) is 11.5. The molecule has 0 aliphatic carbocycles. The summed E-state index contributed by atoms with van der Waals surface area (Å²) in [6.07, 6.45) is 1.83. The first-order chi connectivity index (χ1) is 10.2. The smallest absolute Gasteiger partial charge is 0.227 e. The number of carbonyl (C=O) groups excluding carboxylic acids is 1. The monoisotopic (exact) mass is 289 g/mol. The van der Waals surface area contributed by atoms with Crippen molar-refractivity contribution in [2.24, 2.45) is 0 Å². The maximum absolute atomic E-state index is 13.2. The Kier molecular flexibility index (Phi) is 3.96. The van der Waals surface area contributed by atoms with E-state index in [4.69, 9.17) is 4.74 Å². The predicted molar refractivity (Wildman–Crippen MR) is 74.0 cm³/mol. The maximum Gasteiger partial charge on any atom is 0.227 e. The van der Waals surface area contributed by atoms with Crippen LogP contribution < -0.4 is 0 Å². The second-order valence-corrected chi connectivity index (χ2v) is 5.00. The predicted octanol–water partition coefficient (Wildman–Crippen LogP) is 1.69. The highest BCUT2D eigenvalue weighted by atomic mass is 19.1. The lowest BCUT2D eigenvalue weighted by molar-refractivity contribution is -0.139. The maximum atomic E-state index is 13.2. The fourth-order valence-electron chi connectivity index (χ4n) is 2.54. The molecule has 1 aromatic carbocycles. The molecule has 5 nitrogen and oxygen atoms in total. The second-order valence-electron chi connectivity index (χ2n) is 5.00. The molecule has 3 rings (SSSR count). The highest BCUT2D eigenvalue weighted by molar-refractivity contribution is 5.79. The van der Waals surface area contributed by atoms with Crippen LogP contribution in [-0.2, 0) is 16.0 Å². The van der Waals surface area contributed by atoms with Gasteiger partial charge in [0.1, 0.15) is 5.82 Å². The molecular formula is C15H16FN3O2. The zero-order valence-corrected chi connectivity index (χ0v) is 11.5. The number of rotatable bonds is 3. The van der Waals surface area contributed by atoms with Crippen LogP contribution in [0.25, 0.3) is 0 Å². The van der Waals surface area contributed by atoms with E-state index in [-0.39, 0.29) is 24.2 Å². The third kappa shape index (κ3) is 3.11. The number of hydrogen-bond acceptors (Lipinski definition) is 3. The summed E-state index contributed by atoms with van der Waals surface area (Å²) in [6.45, 7) is 1.48. The van der Waals surface area contributed by atoms with Crippen LogP contribution in [0.15, 0.2) is 36.5 Å². The molecule has 1 saturated heterocycles. The van der Waals surface area contributed by atoms with Crippen molar-refractivity contribution in [1.29, 1.82) is 0 Å². The summed E-state index contributed by atoms with van der Waals surface area (Å²) in [6, 6.07) is 7.81. The molecule has 1 aliphatic heterocycles. The van der Waals surface area contributed by atoms with Gasteiger partial charge in [-0.2, -0.15) is 5.10 Å². The van der Waals surface area contributed by atoms with E-state index in [0.717, 1.165) is 5.69 Å². The van der Waals surface area contributed by atoms with E-state index < -0.39 is 0 Å². The topological polar surface area (TPSA) is 58.2 Å². The summed E-state index contributed by atoms with van der Waals surface area (Å²) >= 11 is 0. The van der Waals surface area contributed by atoms with Crippen LogP contribution in [0.4, 0.5) is 4.39 Å². The average molecular weight is 289 g/mol. The van der Waals surface area contributed by atoms with Crippen molar-refractivity contribution >= 4 is 5.91 Å². The van der Waals surface area contributed by atoms with Gasteiger partial charge in [0, 0.05) is 12.7 Å². The molecule has 1 amide bonds. The molecule has 2 heterocycles. The normalized spacial score (nSPS) is 18.7. The van der Waals surface area contributed by atoms with Gasteiger partial charge in [0.2, 0.25) is 5.91 Å². The van der Waals surface area contributed by atoms with Crippen molar-refractivity contribution in [3.63, 3.8) is 0 Å². The molecule has 6 heteroatoms. The number of morpholine rings is 1. The Labute approximate surface area is 121 Å². The number of aromatic nitrogens is 2. The summed E-state index contributed by atoms with van der Waals surface area (Å²) in [5.74, 6) is -0.365. The van der Waals surface area contributed by atoms with E-state index in [1.807, 2.05) is 6.07 Å². The van der Waals surface area contributed by atoms with Crippen molar-refractivity contribution in [2.75, 3.05) is 19.8 Å². The lowest BCUT2D eigenvalue weighted by atomic mass is 10.1. The molecule has 21 heavy (non-hydrogen) atoms. The molecule has 2 aromatic rings. The third-order valence-electron chi connectivity index (χ3n) is 3.57. The number of halogens is 1. The number of benzene rings is 1. The Hall–Kier alpha value is -2.21. The molecule has 0 spiro atoms. The van der Waals surface area contributed by atoms with Gasteiger partial charge in [-0.3, -0.25) is 9.89 Å². The van der Waals surface area contributed by atoms with Crippen molar-refractivity contribution in [1.82, 2.24) is 15.1 Å². The Balaban J connectivity index is 1.75. The fourth-order valence-corrected chi connectivity index (χ4v) is 2.54. The van der Waals surface area contributed by atoms with Crippen LogP contribution in [0.2, 0.25) is 0 Å². The van der Waals surface area contributed by atoms with Gasteiger partial charge < -0.3 is 9.64 Å². The van der Waals surface area contributed by atoms with Gasteiger partial charge in [0.05, 0.1) is 31.4 Å². The molecule has 0 bridgehead atoms. The standard InChI is InChI=1S/C15H16FN3O2/c16-12-3-1-2-11(8-12)9-15(20)19-6-7-21-10-14(19)13-4-5-17-18-13/h1-5,8,14H,6-7,9-10H2,(H,17,18)/t14-/m0/s1. The van der Waals surface area contributed by atoms with E-state index in [0.29, 0.717) is 25.3 Å². The SMILES string of the molecule is O=C(Cc1cccc(F)c1)N1CCOC[C@H]1c1ccn[nH]1. The van der Waals surface area contributed by atoms with Crippen LogP contribution >= 0.6 is 0 Å². The highest BCUT2D eigenvalue weighted by Gasteiger charge is 2.29. The summed E-state index contributed by atoms with van der Waals surface area (Å²) in [7, 11) is 0. The van der Waals surface area contributed by atoms with Crippen molar-refractivity contribution in [3.05, 3.63) is 53.6 Å². The van der Waals surface area contributed by atoms with E-state index in [9.17, 15) is 9.18 Å². The van der Waals surface area contributed by atoms with Crippen molar-refractivity contribution < 1.29 is 13.9 Å². The number of carbonyl (C=O) groups is 1. The quantitative estimate of drug-likeness (QED) is 0.935. The van der Waals surface area contributed by atoms with Crippen LogP contribution in [0, 0.1) is 5.82 Å². The number of aromatic amines is 1. The lowest BCUT2D eigenvalue weighted by Gasteiger charge is -2.35. The highest BCUT2D eigenvalue weighted by Crippen LogP contribution is 2.23. The molecule has 1 atom stereocenters. The van der Waals surface area contributed by atoms with E-state index in [2.05, 4.69) is 10.2 Å². The molecule has 110 valence electrons. The second kappa shape index (κ2) is 6.05. The summed E-state index contributed by atoms with van der Waals surface area (Å²) < 4.78 is 18.7. The largest absolute Gasteiger partial charge is 0.377 e. The minimum Gasteiger partial charge on any atom is -0.377 e. The first-order valence-electron chi connectivity index (χ1n) is 6.85. The number of nitrogens with one attached hydrogen (secondary N) is 1. The van der Waals surface area contributed by atoms with Crippen LogP contribution in [0.5, 0.6) is 0 Å². The van der Waals surface area contributed by atoms with Crippen LogP contribution in [0.3, 0.4) is 0 Å². The van der Waals surface area contributed by atoms with E-state index in [1.165, 1.54) is 12.1 Å². The van der Waals surface area contributed by atoms with Gasteiger partial charge in [0.15, 0.2) is 0 Å². The Morgan fingerprint density at radius 2 is 2.38 bits per heavy atom. The number of amides is 1. The molecule has 0 radical (unpaired) electrons. The summed E-state index contributed by atoms with van der Waals surface area (Å²) in [5, 5.41) is 6.80. The molecule has 1 N–H and O–H groups in total. The Morgan fingerprint density at radius 3 is 3.14 bits per heavy atom. The number of ether oxygens (including phenoxy) is 1. The molecule has 0 unspecified atom stereocenters. The van der Waals surface area contributed by atoms with Gasteiger partial charge >= 0.3 is 0 Å². The number of H-pyrrole nitrogens is 1. The first-order valence-corrected chi connectivity index (χ1v) is 6.85. The lowest BCUT2D eigenvalue weighted by Crippen LogP contribution is -2.44. The summed E-state index contributed by atoms with van der Waals surface area (Å²) in [4.78, 5) is 14.3. The van der Waals surface area contributed by atoms with Crippen LogP contribution in [0.1, 0.15) is 17.3 Å². The molecule has 1 aliphatic rings. The average Bonchev–Trinajstić information content (AvgIpc) is 3.01. The van der Waals surface area contributed by atoms with Gasteiger partial charge in [-0.1, -0.05) is 12.1 Å². The van der Waals surface area contributed by atoms with E-state index >= 15 is 0 Å². The first kappa shape index (κ1) is 13.8. The number of nitrogens with zero attached hydrogens (tertiary/aromatic N) is 2. The molecular weight excluding hydrogens is 273 g/mol. The minimum atomic E-state index is -0.326. The number of hydrogen-bond donors (Lipinski definition) is 1. The molecule has 1 fully saturated rings. The van der Waals surface area contributed by atoms with Gasteiger partial charge in [-0.15, -0.1) is 0 Å². The van der Waals surface area contributed by atoms with E-state index in [1.54, 1.807) is 23.2 Å².